The molecule has 0 saturated carbocycles. The van der Waals surface area contributed by atoms with E-state index in [9.17, 15) is 0 Å². The largest absolute Gasteiger partial charge is 0.492 e. The second-order valence-electron chi connectivity index (χ2n) is 6.31. The van der Waals surface area contributed by atoms with Gasteiger partial charge in [-0.2, -0.15) is 0 Å². The van der Waals surface area contributed by atoms with Crippen LogP contribution in [0.1, 0.15) is 44.7 Å². The van der Waals surface area contributed by atoms with Gasteiger partial charge in [-0.15, -0.1) is 0 Å². The lowest BCUT2D eigenvalue weighted by atomic mass is 9.96. The fraction of sp³-hybridized carbons (Fsp3) is 0.647. The lowest BCUT2D eigenvalue weighted by Crippen LogP contribution is -2.19. The van der Waals surface area contributed by atoms with Crippen molar-refractivity contribution < 1.29 is 4.74 Å². The van der Waals surface area contributed by atoms with E-state index in [1.165, 1.54) is 11.1 Å². The van der Waals surface area contributed by atoms with E-state index in [-0.39, 0.29) is 0 Å². The Morgan fingerprint density at radius 1 is 1.05 bits per heavy atom. The molecule has 0 heterocycles. The Hall–Kier alpha value is -1.02. The summed E-state index contributed by atoms with van der Waals surface area (Å²) in [5.41, 5.74) is 2.76. The van der Waals surface area contributed by atoms with Crippen LogP contribution in [0.4, 0.5) is 0 Å². The molecule has 0 aliphatic heterocycles. The summed E-state index contributed by atoms with van der Waals surface area (Å²) in [4.78, 5) is 2.14. The molecule has 0 aromatic heterocycles. The van der Waals surface area contributed by atoms with E-state index in [4.69, 9.17) is 4.74 Å². The third-order valence-electron chi connectivity index (χ3n) is 3.11. The van der Waals surface area contributed by atoms with Crippen LogP contribution in [0.3, 0.4) is 0 Å². The average Bonchev–Trinajstić information content (AvgIpc) is 2.27. The van der Waals surface area contributed by atoms with E-state index in [0.717, 1.165) is 25.3 Å². The Kier molecular flexibility index (Phi) is 6.36. The van der Waals surface area contributed by atoms with Gasteiger partial charge in [0, 0.05) is 6.54 Å². The summed E-state index contributed by atoms with van der Waals surface area (Å²) >= 11 is 0. The van der Waals surface area contributed by atoms with Gasteiger partial charge in [-0.3, -0.25) is 0 Å². The zero-order chi connectivity index (χ0) is 14.4. The molecule has 0 fully saturated rings. The van der Waals surface area contributed by atoms with E-state index in [1.54, 1.807) is 0 Å². The molecule has 0 aliphatic rings. The number of rotatable bonds is 7. The summed E-state index contributed by atoms with van der Waals surface area (Å²) in [5, 5.41) is 0. The molecule has 2 nitrogen and oxygen atoms in total. The van der Waals surface area contributed by atoms with E-state index in [0.29, 0.717) is 11.8 Å². The molecule has 2 heteroatoms. The topological polar surface area (TPSA) is 12.5 Å². The molecule has 1 aromatic rings. The van der Waals surface area contributed by atoms with Crippen LogP contribution >= 0.6 is 0 Å². The van der Waals surface area contributed by atoms with E-state index in [1.807, 2.05) is 0 Å². The maximum Gasteiger partial charge on any atom is 0.119 e. The van der Waals surface area contributed by atoms with Gasteiger partial charge in [-0.05, 0) is 55.6 Å². The third kappa shape index (κ3) is 6.11. The van der Waals surface area contributed by atoms with Crippen molar-refractivity contribution in [3.8, 4) is 5.75 Å². The van der Waals surface area contributed by atoms with Crippen LogP contribution in [0.15, 0.2) is 18.2 Å². The maximum absolute atomic E-state index is 5.89. The normalized spacial score (nSPS) is 11.6. The molecule has 1 rings (SSSR count). The van der Waals surface area contributed by atoms with Crippen molar-refractivity contribution in [2.24, 2.45) is 5.92 Å². The van der Waals surface area contributed by atoms with Crippen molar-refractivity contribution in [2.75, 3.05) is 27.2 Å². The Bertz CT molecular complexity index is 383. The minimum Gasteiger partial charge on any atom is -0.492 e. The van der Waals surface area contributed by atoms with Crippen molar-refractivity contribution in [3.05, 3.63) is 29.3 Å². The van der Waals surface area contributed by atoms with Gasteiger partial charge in [0.15, 0.2) is 0 Å². The molecular formula is C17H29NO. The SMILES string of the molecule is CC(C)Cc1cc(OCCN(C)C)cc(C(C)C)c1. The van der Waals surface area contributed by atoms with Crippen molar-refractivity contribution >= 4 is 0 Å². The van der Waals surface area contributed by atoms with Crippen molar-refractivity contribution in [1.29, 1.82) is 0 Å². The number of nitrogens with zero attached hydrogens (tertiary/aromatic N) is 1. The number of likely N-dealkylation sites (N-methyl/N-ethyl adjacent to an activating group) is 1. The Labute approximate surface area is 118 Å². The van der Waals surface area contributed by atoms with Crippen LogP contribution in [0.5, 0.6) is 5.75 Å². The summed E-state index contributed by atoms with van der Waals surface area (Å²) < 4.78 is 5.89. The summed E-state index contributed by atoms with van der Waals surface area (Å²) in [6.07, 6.45) is 1.12. The number of hydrogen-bond donors (Lipinski definition) is 0. The van der Waals surface area contributed by atoms with Crippen LogP contribution in [0.2, 0.25) is 0 Å². The fourth-order valence-electron chi connectivity index (χ4n) is 2.04. The molecule has 1 aromatic carbocycles. The molecular weight excluding hydrogens is 234 g/mol. The highest BCUT2D eigenvalue weighted by molar-refractivity contribution is 5.36. The van der Waals surface area contributed by atoms with Crippen molar-refractivity contribution in [2.45, 2.75) is 40.0 Å². The smallest absolute Gasteiger partial charge is 0.119 e. The van der Waals surface area contributed by atoms with Crippen molar-refractivity contribution in [3.63, 3.8) is 0 Å². The lowest BCUT2D eigenvalue weighted by Gasteiger charge is -2.15. The monoisotopic (exact) mass is 263 g/mol. The Morgan fingerprint density at radius 3 is 2.26 bits per heavy atom. The highest BCUT2D eigenvalue weighted by atomic mass is 16.5. The van der Waals surface area contributed by atoms with Gasteiger partial charge in [0.05, 0.1) is 0 Å². The van der Waals surface area contributed by atoms with Gasteiger partial charge in [0.25, 0.3) is 0 Å². The second kappa shape index (κ2) is 7.54. The van der Waals surface area contributed by atoms with Gasteiger partial charge < -0.3 is 9.64 Å². The van der Waals surface area contributed by atoms with Crippen LogP contribution in [0.25, 0.3) is 0 Å². The molecule has 0 aliphatic carbocycles. The average molecular weight is 263 g/mol. The first kappa shape index (κ1) is 16.0. The van der Waals surface area contributed by atoms with E-state index >= 15 is 0 Å². The fourth-order valence-corrected chi connectivity index (χ4v) is 2.04. The van der Waals surface area contributed by atoms with Crippen LogP contribution in [-0.4, -0.2) is 32.1 Å². The molecule has 0 radical (unpaired) electrons. The summed E-state index contributed by atoms with van der Waals surface area (Å²) in [5.74, 6) is 2.24. The highest BCUT2D eigenvalue weighted by Crippen LogP contribution is 2.24. The van der Waals surface area contributed by atoms with Gasteiger partial charge in [-0.1, -0.05) is 33.8 Å². The lowest BCUT2D eigenvalue weighted by molar-refractivity contribution is 0.261. The minimum absolute atomic E-state index is 0.545. The number of ether oxygens (including phenoxy) is 1. The molecule has 0 saturated heterocycles. The number of benzene rings is 1. The van der Waals surface area contributed by atoms with Gasteiger partial charge in [-0.25, -0.2) is 0 Å². The summed E-state index contributed by atoms with van der Waals surface area (Å²) in [6, 6.07) is 6.70. The summed E-state index contributed by atoms with van der Waals surface area (Å²) in [7, 11) is 4.14. The van der Waals surface area contributed by atoms with Gasteiger partial charge in [0.2, 0.25) is 0 Å². The third-order valence-corrected chi connectivity index (χ3v) is 3.11. The quantitative estimate of drug-likeness (QED) is 0.738. The zero-order valence-corrected chi connectivity index (χ0v) is 13.4. The molecule has 108 valence electrons. The molecule has 0 spiro atoms. The van der Waals surface area contributed by atoms with Gasteiger partial charge >= 0.3 is 0 Å². The predicted molar refractivity (Wildman–Crippen MR) is 83.1 cm³/mol. The first-order chi connectivity index (χ1) is 8.88. The molecule has 0 N–H and O–H groups in total. The molecule has 0 atom stereocenters. The van der Waals surface area contributed by atoms with Gasteiger partial charge in [0.1, 0.15) is 12.4 Å². The number of hydrogen-bond acceptors (Lipinski definition) is 2. The summed E-state index contributed by atoms with van der Waals surface area (Å²) in [6.45, 7) is 10.7. The van der Waals surface area contributed by atoms with Crippen LogP contribution < -0.4 is 4.74 Å². The predicted octanol–water partition coefficient (Wildman–Crippen LogP) is 3.95. The standard InChI is InChI=1S/C17H29NO/c1-13(2)9-15-10-16(14(3)4)12-17(11-15)19-8-7-18(5)6/h10-14H,7-9H2,1-6H3. The molecule has 19 heavy (non-hydrogen) atoms. The molecule has 0 bridgehead atoms. The van der Waals surface area contributed by atoms with E-state index in [2.05, 4.69) is 64.9 Å². The van der Waals surface area contributed by atoms with Crippen LogP contribution in [0, 0.1) is 5.92 Å². The zero-order valence-electron chi connectivity index (χ0n) is 13.4. The maximum atomic E-state index is 5.89. The van der Waals surface area contributed by atoms with Crippen LogP contribution in [-0.2, 0) is 6.42 Å². The van der Waals surface area contributed by atoms with E-state index < -0.39 is 0 Å². The first-order valence-corrected chi connectivity index (χ1v) is 7.30. The minimum atomic E-state index is 0.545. The van der Waals surface area contributed by atoms with Crippen molar-refractivity contribution in [1.82, 2.24) is 4.90 Å². The Morgan fingerprint density at radius 2 is 1.74 bits per heavy atom. The molecule has 0 amide bonds. The second-order valence-corrected chi connectivity index (χ2v) is 6.31. The first-order valence-electron chi connectivity index (χ1n) is 7.30. The highest BCUT2D eigenvalue weighted by Gasteiger charge is 2.07. The molecule has 0 unspecified atom stereocenters. The Balaban J connectivity index is 2.80.